The largest absolute Gasteiger partial charge is 0.379 e. The molecule has 0 unspecified atom stereocenters. The number of benzene rings is 1. The van der Waals surface area contributed by atoms with Gasteiger partial charge in [0.1, 0.15) is 5.56 Å². The van der Waals surface area contributed by atoms with Crippen LogP contribution >= 0.6 is 0 Å². The lowest BCUT2D eigenvalue weighted by molar-refractivity contribution is -0.385. The molecule has 0 aliphatic carbocycles. The standard InChI is InChI=1S/C11H14FN5O4/c12-8-6-10(17(19)20)7(5-9(8)14-13)11(18)15-16-1-3-21-4-2-16/h5-6,14H,1-4,13H2,(H,15,18). The van der Waals surface area contributed by atoms with Crippen LogP contribution in [0.2, 0.25) is 0 Å². The summed E-state index contributed by atoms with van der Waals surface area (Å²) < 4.78 is 18.6. The number of halogens is 1. The summed E-state index contributed by atoms with van der Waals surface area (Å²) in [6, 6.07) is 1.66. The van der Waals surface area contributed by atoms with Crippen LogP contribution in [-0.2, 0) is 4.74 Å². The van der Waals surface area contributed by atoms with Gasteiger partial charge in [-0.1, -0.05) is 0 Å². The molecule has 1 heterocycles. The summed E-state index contributed by atoms with van der Waals surface area (Å²) in [7, 11) is 0. The van der Waals surface area contributed by atoms with Gasteiger partial charge >= 0.3 is 0 Å². The van der Waals surface area contributed by atoms with E-state index in [1.165, 1.54) is 0 Å². The van der Waals surface area contributed by atoms with Gasteiger partial charge in [0.15, 0.2) is 5.82 Å². The van der Waals surface area contributed by atoms with Crippen LogP contribution < -0.4 is 16.7 Å². The van der Waals surface area contributed by atoms with Gasteiger partial charge in [0.25, 0.3) is 11.6 Å². The summed E-state index contributed by atoms with van der Waals surface area (Å²) in [5.74, 6) is 3.49. The van der Waals surface area contributed by atoms with E-state index in [0.29, 0.717) is 32.4 Å². The number of rotatable bonds is 4. The lowest BCUT2D eigenvalue weighted by Crippen LogP contribution is -2.48. The van der Waals surface area contributed by atoms with Crippen LogP contribution in [0.15, 0.2) is 12.1 Å². The molecule has 1 aromatic carbocycles. The number of amides is 1. The van der Waals surface area contributed by atoms with Crippen LogP contribution in [0.25, 0.3) is 0 Å². The Hall–Kier alpha value is -2.30. The van der Waals surface area contributed by atoms with E-state index in [-0.39, 0.29) is 11.3 Å². The minimum Gasteiger partial charge on any atom is -0.379 e. The zero-order chi connectivity index (χ0) is 15.4. The summed E-state index contributed by atoms with van der Waals surface area (Å²) >= 11 is 0. The van der Waals surface area contributed by atoms with E-state index >= 15 is 0 Å². The molecule has 0 radical (unpaired) electrons. The number of carbonyl (C=O) groups is 1. The molecule has 1 amide bonds. The molecule has 10 heteroatoms. The molecule has 0 spiro atoms. The SMILES string of the molecule is NNc1cc(C(=O)NN2CCOCC2)c([N+](=O)[O-])cc1F. The first kappa shape index (κ1) is 15.1. The number of anilines is 1. The van der Waals surface area contributed by atoms with Crippen molar-refractivity contribution in [3.63, 3.8) is 0 Å². The average Bonchev–Trinajstić information content (AvgIpc) is 2.47. The van der Waals surface area contributed by atoms with Crippen LogP contribution in [0.5, 0.6) is 0 Å². The lowest BCUT2D eigenvalue weighted by Gasteiger charge is -2.26. The number of hydrogen-bond donors (Lipinski definition) is 3. The van der Waals surface area contributed by atoms with E-state index in [9.17, 15) is 19.3 Å². The molecule has 0 atom stereocenters. The maximum absolute atomic E-state index is 13.5. The number of nitro benzene ring substituents is 1. The number of nitro groups is 1. The minimum absolute atomic E-state index is 0.201. The number of nitrogens with one attached hydrogen (secondary N) is 2. The summed E-state index contributed by atoms with van der Waals surface area (Å²) in [4.78, 5) is 22.3. The van der Waals surface area contributed by atoms with Crippen LogP contribution in [0.1, 0.15) is 10.4 Å². The van der Waals surface area contributed by atoms with Gasteiger partial charge in [-0.25, -0.2) is 9.40 Å². The molecule has 1 aliphatic rings. The quantitative estimate of drug-likeness (QED) is 0.406. The number of morpholine rings is 1. The number of nitrogens with zero attached hydrogens (tertiary/aromatic N) is 2. The Morgan fingerprint density at radius 3 is 2.67 bits per heavy atom. The summed E-state index contributed by atoms with van der Waals surface area (Å²) in [5, 5.41) is 12.5. The van der Waals surface area contributed by atoms with Crippen molar-refractivity contribution in [2.24, 2.45) is 5.84 Å². The lowest BCUT2D eigenvalue weighted by atomic mass is 10.1. The van der Waals surface area contributed by atoms with Crippen molar-refractivity contribution in [1.82, 2.24) is 10.4 Å². The second kappa shape index (κ2) is 6.43. The molecule has 2 rings (SSSR count). The Morgan fingerprint density at radius 2 is 2.10 bits per heavy atom. The Morgan fingerprint density at radius 1 is 1.43 bits per heavy atom. The van der Waals surface area contributed by atoms with E-state index in [4.69, 9.17) is 10.6 Å². The zero-order valence-corrected chi connectivity index (χ0v) is 11.0. The Bertz CT molecular complexity index is 562. The second-order valence-corrected chi connectivity index (χ2v) is 4.29. The highest BCUT2D eigenvalue weighted by atomic mass is 19.1. The number of ether oxygens (including phenoxy) is 1. The monoisotopic (exact) mass is 299 g/mol. The van der Waals surface area contributed by atoms with Crippen LogP contribution in [0.4, 0.5) is 15.8 Å². The zero-order valence-electron chi connectivity index (χ0n) is 11.0. The Labute approximate surface area is 118 Å². The molecule has 0 saturated carbocycles. The number of hydrazine groups is 2. The Balaban J connectivity index is 2.27. The first-order valence-corrected chi connectivity index (χ1v) is 6.11. The molecular weight excluding hydrogens is 285 g/mol. The number of nitrogens with two attached hydrogens (primary N) is 1. The first-order chi connectivity index (χ1) is 10.0. The van der Waals surface area contributed by atoms with Gasteiger partial charge in [-0.15, -0.1) is 0 Å². The maximum Gasteiger partial charge on any atom is 0.285 e. The van der Waals surface area contributed by atoms with E-state index in [0.717, 1.165) is 6.07 Å². The third kappa shape index (κ3) is 3.42. The summed E-state index contributed by atoms with van der Waals surface area (Å²) in [5.41, 5.74) is 3.46. The van der Waals surface area contributed by atoms with Crippen molar-refractivity contribution in [3.8, 4) is 0 Å². The first-order valence-electron chi connectivity index (χ1n) is 6.11. The van der Waals surface area contributed by atoms with Crippen molar-refractivity contribution in [2.75, 3.05) is 31.7 Å². The maximum atomic E-state index is 13.5. The van der Waals surface area contributed by atoms with Gasteiger partial charge in [0, 0.05) is 13.1 Å². The second-order valence-electron chi connectivity index (χ2n) is 4.29. The normalized spacial score (nSPS) is 15.5. The third-order valence-electron chi connectivity index (χ3n) is 2.95. The Kier molecular flexibility index (Phi) is 4.62. The molecule has 1 aliphatic heterocycles. The van der Waals surface area contributed by atoms with Crippen LogP contribution in [-0.4, -0.2) is 42.1 Å². The fourth-order valence-corrected chi connectivity index (χ4v) is 1.89. The van der Waals surface area contributed by atoms with Crippen molar-refractivity contribution in [3.05, 3.63) is 33.6 Å². The molecule has 1 aromatic rings. The number of nitrogen functional groups attached to an aromatic ring is 1. The topological polar surface area (TPSA) is 123 Å². The van der Waals surface area contributed by atoms with Gasteiger partial charge in [-0.2, -0.15) is 0 Å². The van der Waals surface area contributed by atoms with Crippen molar-refractivity contribution >= 4 is 17.3 Å². The molecule has 0 aromatic heterocycles. The molecule has 114 valence electrons. The summed E-state index contributed by atoms with van der Waals surface area (Å²) in [6.07, 6.45) is 0. The fraction of sp³-hybridized carbons (Fsp3) is 0.364. The highest BCUT2D eigenvalue weighted by Crippen LogP contribution is 2.25. The molecule has 0 bridgehead atoms. The van der Waals surface area contributed by atoms with Gasteiger partial charge < -0.3 is 10.2 Å². The smallest absolute Gasteiger partial charge is 0.285 e. The molecule has 21 heavy (non-hydrogen) atoms. The molecule has 9 nitrogen and oxygen atoms in total. The van der Waals surface area contributed by atoms with Crippen molar-refractivity contribution in [1.29, 1.82) is 0 Å². The van der Waals surface area contributed by atoms with Gasteiger partial charge in [0.2, 0.25) is 0 Å². The van der Waals surface area contributed by atoms with Crippen molar-refractivity contribution in [2.45, 2.75) is 0 Å². The molecule has 4 N–H and O–H groups in total. The van der Waals surface area contributed by atoms with Gasteiger partial charge in [-0.05, 0) is 6.07 Å². The fourth-order valence-electron chi connectivity index (χ4n) is 1.89. The van der Waals surface area contributed by atoms with Gasteiger partial charge in [-0.3, -0.25) is 26.2 Å². The summed E-state index contributed by atoms with van der Waals surface area (Å²) in [6.45, 7) is 1.81. The minimum atomic E-state index is -0.910. The van der Waals surface area contributed by atoms with Crippen LogP contribution in [0.3, 0.4) is 0 Å². The average molecular weight is 299 g/mol. The number of carbonyl (C=O) groups excluding carboxylic acids is 1. The van der Waals surface area contributed by atoms with E-state index in [1.807, 2.05) is 5.43 Å². The van der Waals surface area contributed by atoms with E-state index in [1.54, 1.807) is 5.01 Å². The predicted octanol–water partition coefficient (Wildman–Crippen LogP) is -0.00350. The predicted molar refractivity (Wildman–Crippen MR) is 70.7 cm³/mol. The van der Waals surface area contributed by atoms with Gasteiger partial charge in [0.05, 0.1) is 29.9 Å². The molecule has 1 saturated heterocycles. The highest BCUT2D eigenvalue weighted by molar-refractivity contribution is 5.98. The third-order valence-corrected chi connectivity index (χ3v) is 2.95. The highest BCUT2D eigenvalue weighted by Gasteiger charge is 2.25. The molecular formula is C11H14FN5O4. The van der Waals surface area contributed by atoms with E-state index < -0.39 is 22.3 Å². The number of hydrogen-bond acceptors (Lipinski definition) is 7. The van der Waals surface area contributed by atoms with Crippen LogP contribution in [0, 0.1) is 15.9 Å². The van der Waals surface area contributed by atoms with E-state index in [2.05, 4.69) is 5.43 Å². The molecule has 1 fully saturated rings. The van der Waals surface area contributed by atoms with Crippen molar-refractivity contribution < 1.29 is 18.8 Å².